The van der Waals surface area contributed by atoms with Crippen LogP contribution in [0.5, 0.6) is 5.75 Å². The van der Waals surface area contributed by atoms with E-state index in [0.29, 0.717) is 11.3 Å². The van der Waals surface area contributed by atoms with Crippen LogP contribution in [-0.4, -0.2) is 20.7 Å². The Kier molecular flexibility index (Phi) is 6.38. The second-order valence-corrected chi connectivity index (χ2v) is 7.40. The number of nitrogens with zero attached hydrogens (tertiary/aromatic N) is 3. The lowest BCUT2D eigenvalue weighted by atomic mass is 10.2. The third-order valence-electron chi connectivity index (χ3n) is 4.26. The number of hydrogen-bond donors (Lipinski definition) is 1. The number of hydrogen-bond acceptors (Lipinski definition) is 5. The molecule has 1 N–H and O–H groups in total. The Hall–Kier alpha value is -3.43. The molecule has 32 heavy (non-hydrogen) atoms. The van der Waals surface area contributed by atoms with E-state index in [1.54, 1.807) is 12.1 Å². The van der Waals surface area contributed by atoms with Crippen molar-refractivity contribution in [3.63, 3.8) is 0 Å². The smallest absolute Gasteiger partial charge is 0.293 e. The van der Waals surface area contributed by atoms with Crippen molar-refractivity contribution >= 4 is 35.1 Å². The van der Waals surface area contributed by atoms with Gasteiger partial charge < -0.3 is 9.15 Å². The van der Waals surface area contributed by atoms with E-state index >= 15 is 0 Å². The van der Waals surface area contributed by atoms with Crippen molar-refractivity contribution in [3.05, 3.63) is 93.6 Å². The zero-order valence-electron chi connectivity index (χ0n) is 16.2. The monoisotopic (exact) mass is 478 g/mol. The third kappa shape index (κ3) is 5.24. The fourth-order valence-corrected chi connectivity index (χ4v) is 3.18. The van der Waals surface area contributed by atoms with Crippen LogP contribution >= 0.6 is 23.2 Å². The van der Waals surface area contributed by atoms with Crippen LogP contribution in [0.3, 0.4) is 0 Å². The van der Waals surface area contributed by atoms with Crippen LogP contribution in [0.15, 0.2) is 59.3 Å². The number of anilines is 1. The molecule has 4 rings (SSSR count). The first-order valence-corrected chi connectivity index (χ1v) is 9.94. The van der Waals surface area contributed by atoms with E-state index in [4.69, 9.17) is 32.4 Å². The average Bonchev–Trinajstić information content (AvgIpc) is 3.39. The highest BCUT2D eigenvalue weighted by molar-refractivity contribution is 6.32. The molecule has 0 aliphatic rings. The zero-order chi connectivity index (χ0) is 22.7. The maximum absolute atomic E-state index is 13.2. The summed E-state index contributed by atoms with van der Waals surface area (Å²) >= 11 is 11.9. The number of carbonyl (C=O) groups excluding carboxylic acids is 1. The largest absolute Gasteiger partial charge is 0.484 e. The molecule has 0 atom stereocenters. The highest BCUT2D eigenvalue weighted by atomic mass is 35.5. The maximum atomic E-state index is 13.2. The molecule has 0 bridgehead atoms. The summed E-state index contributed by atoms with van der Waals surface area (Å²) in [4.78, 5) is 16.4. The first-order valence-electron chi connectivity index (χ1n) is 9.18. The van der Waals surface area contributed by atoms with Gasteiger partial charge in [-0.25, -0.2) is 18.4 Å². The van der Waals surface area contributed by atoms with Crippen LogP contribution in [0.25, 0.3) is 0 Å². The predicted octanol–water partition coefficient (Wildman–Crippen LogP) is 5.34. The van der Waals surface area contributed by atoms with Crippen LogP contribution in [0.2, 0.25) is 10.0 Å². The molecular formula is C21H14Cl2F2N4O3. The van der Waals surface area contributed by atoms with Gasteiger partial charge in [-0.3, -0.25) is 10.1 Å². The molecule has 0 fully saturated rings. The predicted molar refractivity (Wildman–Crippen MR) is 113 cm³/mol. The van der Waals surface area contributed by atoms with Crippen LogP contribution in [0, 0.1) is 11.6 Å². The molecule has 2 aromatic carbocycles. The number of amides is 1. The summed E-state index contributed by atoms with van der Waals surface area (Å²) in [5, 5.41) is 7.05. The molecule has 0 saturated heterocycles. The number of furan rings is 1. The summed E-state index contributed by atoms with van der Waals surface area (Å²) in [5.74, 6) is -0.752. The number of halogens is 4. The first-order chi connectivity index (χ1) is 15.4. The number of nitrogens with one attached hydrogen (secondary N) is 1. The minimum absolute atomic E-state index is 0.00998. The van der Waals surface area contributed by atoms with E-state index in [2.05, 4.69) is 15.4 Å². The van der Waals surface area contributed by atoms with Gasteiger partial charge in [0.25, 0.3) is 5.91 Å². The quantitative estimate of drug-likeness (QED) is 0.387. The molecule has 1 amide bonds. The molecule has 7 nitrogen and oxygen atoms in total. The van der Waals surface area contributed by atoms with Gasteiger partial charge in [-0.15, -0.1) is 5.10 Å². The molecule has 0 radical (unpaired) electrons. The summed E-state index contributed by atoms with van der Waals surface area (Å²) in [6, 6.07) is 10.8. The molecule has 11 heteroatoms. The molecule has 4 aromatic rings. The lowest BCUT2D eigenvalue weighted by molar-refractivity contribution is 0.0991. The Balaban J connectivity index is 1.35. The topological polar surface area (TPSA) is 82.2 Å². The van der Waals surface area contributed by atoms with Crippen molar-refractivity contribution in [2.24, 2.45) is 0 Å². The number of aromatic nitrogens is 3. The van der Waals surface area contributed by atoms with Crippen LogP contribution in [-0.2, 0) is 13.2 Å². The van der Waals surface area contributed by atoms with Gasteiger partial charge in [0, 0.05) is 5.02 Å². The van der Waals surface area contributed by atoms with E-state index in [1.165, 1.54) is 41.3 Å². The molecule has 0 unspecified atom stereocenters. The van der Waals surface area contributed by atoms with Crippen molar-refractivity contribution in [1.82, 2.24) is 14.8 Å². The highest BCUT2D eigenvalue weighted by Gasteiger charge is 2.15. The van der Waals surface area contributed by atoms with E-state index < -0.39 is 17.5 Å². The average molecular weight is 479 g/mol. The van der Waals surface area contributed by atoms with Crippen molar-refractivity contribution in [2.45, 2.75) is 13.2 Å². The second kappa shape index (κ2) is 9.37. The lowest BCUT2D eigenvalue weighted by Gasteiger charge is -2.06. The zero-order valence-corrected chi connectivity index (χ0v) is 17.7. The Morgan fingerprint density at radius 1 is 1.06 bits per heavy atom. The summed E-state index contributed by atoms with van der Waals surface area (Å²) < 4.78 is 38.6. The summed E-state index contributed by atoms with van der Waals surface area (Å²) in [5.41, 5.74) is 0.646. The molecule has 0 saturated carbocycles. The van der Waals surface area contributed by atoms with E-state index in [1.807, 2.05) is 0 Å². The van der Waals surface area contributed by atoms with Gasteiger partial charge >= 0.3 is 0 Å². The summed E-state index contributed by atoms with van der Waals surface area (Å²) in [6.45, 7) is 0.236. The summed E-state index contributed by atoms with van der Waals surface area (Å²) in [6.07, 6.45) is 1.41. The lowest BCUT2D eigenvalue weighted by Crippen LogP contribution is -2.12. The van der Waals surface area contributed by atoms with Gasteiger partial charge in [0.15, 0.2) is 5.76 Å². The normalized spacial score (nSPS) is 10.9. The van der Waals surface area contributed by atoms with Crippen molar-refractivity contribution in [3.8, 4) is 5.75 Å². The fourth-order valence-electron chi connectivity index (χ4n) is 2.73. The van der Waals surface area contributed by atoms with Crippen molar-refractivity contribution < 1.29 is 22.7 Å². The van der Waals surface area contributed by atoms with E-state index in [9.17, 15) is 13.6 Å². The Bertz CT molecular complexity index is 1280. The highest BCUT2D eigenvalue weighted by Crippen LogP contribution is 2.26. The Morgan fingerprint density at radius 2 is 1.81 bits per heavy atom. The van der Waals surface area contributed by atoms with Gasteiger partial charge in [0.2, 0.25) is 5.95 Å². The number of benzene rings is 2. The van der Waals surface area contributed by atoms with Gasteiger partial charge in [-0.05, 0) is 48.0 Å². The van der Waals surface area contributed by atoms with Gasteiger partial charge in [0.1, 0.15) is 36.1 Å². The van der Waals surface area contributed by atoms with Crippen LogP contribution in [0.1, 0.15) is 21.9 Å². The summed E-state index contributed by atoms with van der Waals surface area (Å²) in [7, 11) is 0. The number of carbonyl (C=O) groups is 1. The molecule has 0 spiro atoms. The molecule has 0 aliphatic carbocycles. The van der Waals surface area contributed by atoms with Gasteiger partial charge in [-0.2, -0.15) is 0 Å². The molecule has 2 heterocycles. The minimum atomic E-state index is -0.561. The Morgan fingerprint density at radius 3 is 2.56 bits per heavy atom. The maximum Gasteiger partial charge on any atom is 0.293 e. The number of ether oxygens (including phenoxy) is 1. The fraction of sp³-hybridized carbons (Fsp3) is 0.0952. The molecule has 2 aromatic heterocycles. The van der Waals surface area contributed by atoms with Gasteiger partial charge in [0.05, 0.1) is 11.6 Å². The first kappa shape index (κ1) is 21.8. The van der Waals surface area contributed by atoms with Crippen LogP contribution < -0.4 is 10.1 Å². The minimum Gasteiger partial charge on any atom is -0.484 e. The molecule has 164 valence electrons. The van der Waals surface area contributed by atoms with Crippen LogP contribution in [0.4, 0.5) is 14.7 Å². The van der Waals surface area contributed by atoms with Gasteiger partial charge in [-0.1, -0.05) is 29.3 Å². The van der Waals surface area contributed by atoms with E-state index in [0.717, 1.165) is 6.07 Å². The second-order valence-electron chi connectivity index (χ2n) is 6.58. The Labute approximate surface area is 190 Å². The molecular weight excluding hydrogens is 465 g/mol. The standard InChI is InChI=1S/C21H14Cl2F2N4O3/c22-16-7-13(24)2-1-12(16)9-29-11-26-21(28-29)27-20(30)19-6-4-15(32-19)10-31-18-5-3-14(25)8-17(18)23/h1-8,11H,9-10H2,(H,27,28,30). The number of rotatable bonds is 7. The van der Waals surface area contributed by atoms with Crippen molar-refractivity contribution in [1.29, 1.82) is 0 Å². The molecule has 0 aliphatic heterocycles. The van der Waals surface area contributed by atoms with Crippen molar-refractivity contribution in [2.75, 3.05) is 5.32 Å². The van der Waals surface area contributed by atoms with E-state index in [-0.39, 0.29) is 40.7 Å². The third-order valence-corrected chi connectivity index (χ3v) is 4.91. The SMILES string of the molecule is O=C(Nc1ncn(Cc2ccc(F)cc2Cl)n1)c1ccc(COc2ccc(F)cc2Cl)o1.